The van der Waals surface area contributed by atoms with Gasteiger partial charge in [-0.25, -0.2) is 9.97 Å². The van der Waals surface area contributed by atoms with Crippen molar-refractivity contribution in [2.75, 3.05) is 5.32 Å². The predicted molar refractivity (Wildman–Crippen MR) is 86.7 cm³/mol. The number of nitrogens with one attached hydrogen (secondary N) is 1. The molecule has 1 aromatic carbocycles. The van der Waals surface area contributed by atoms with Gasteiger partial charge in [-0.15, -0.1) is 0 Å². The first kappa shape index (κ1) is 14.1. The van der Waals surface area contributed by atoms with Crippen LogP contribution in [0.25, 0.3) is 0 Å². The standard InChI is InChI=1S/C18H23N3/c1-12(2)17-10-13(3)19-18(21-17)20-16-9-8-14-6-4-5-7-15(14)11-16/h4-7,10,12,16H,8-9,11H2,1-3H3,(H,19,20,21). The van der Waals surface area contributed by atoms with Crippen LogP contribution >= 0.6 is 0 Å². The van der Waals surface area contributed by atoms with Crippen LogP contribution in [0.3, 0.4) is 0 Å². The number of anilines is 1. The number of hydrogen-bond donors (Lipinski definition) is 1. The summed E-state index contributed by atoms with van der Waals surface area (Å²) in [5, 5.41) is 3.54. The van der Waals surface area contributed by atoms with E-state index in [-0.39, 0.29) is 0 Å². The molecule has 1 N–H and O–H groups in total. The van der Waals surface area contributed by atoms with Gasteiger partial charge in [-0.3, -0.25) is 0 Å². The van der Waals surface area contributed by atoms with Gasteiger partial charge in [0, 0.05) is 17.4 Å². The summed E-state index contributed by atoms with van der Waals surface area (Å²) >= 11 is 0. The molecule has 0 radical (unpaired) electrons. The van der Waals surface area contributed by atoms with Crippen molar-refractivity contribution < 1.29 is 0 Å². The maximum absolute atomic E-state index is 4.66. The molecule has 21 heavy (non-hydrogen) atoms. The molecule has 3 heteroatoms. The van der Waals surface area contributed by atoms with Crippen LogP contribution in [0.2, 0.25) is 0 Å². The Bertz CT molecular complexity index is 634. The Morgan fingerprint density at radius 1 is 1.14 bits per heavy atom. The Balaban J connectivity index is 1.76. The van der Waals surface area contributed by atoms with E-state index in [0.29, 0.717) is 12.0 Å². The zero-order valence-corrected chi connectivity index (χ0v) is 13.1. The van der Waals surface area contributed by atoms with E-state index in [1.54, 1.807) is 0 Å². The third-order valence-electron chi connectivity index (χ3n) is 4.15. The summed E-state index contributed by atoms with van der Waals surface area (Å²) < 4.78 is 0. The molecule has 1 unspecified atom stereocenters. The maximum Gasteiger partial charge on any atom is 0.223 e. The highest BCUT2D eigenvalue weighted by Gasteiger charge is 2.19. The summed E-state index contributed by atoms with van der Waals surface area (Å²) in [4.78, 5) is 9.21. The highest BCUT2D eigenvalue weighted by Crippen LogP contribution is 2.23. The van der Waals surface area contributed by atoms with Gasteiger partial charge in [0.1, 0.15) is 0 Å². The molecule has 0 saturated heterocycles. The molecule has 1 aliphatic carbocycles. The van der Waals surface area contributed by atoms with Gasteiger partial charge in [-0.2, -0.15) is 0 Å². The number of nitrogens with zero attached hydrogens (tertiary/aromatic N) is 2. The van der Waals surface area contributed by atoms with Gasteiger partial charge in [-0.05, 0) is 49.3 Å². The zero-order valence-electron chi connectivity index (χ0n) is 13.1. The first-order chi connectivity index (χ1) is 10.1. The highest BCUT2D eigenvalue weighted by molar-refractivity contribution is 5.35. The van der Waals surface area contributed by atoms with E-state index in [9.17, 15) is 0 Å². The summed E-state index contributed by atoms with van der Waals surface area (Å²) in [5.74, 6) is 1.21. The molecule has 2 aromatic rings. The minimum atomic E-state index is 0.430. The van der Waals surface area contributed by atoms with Gasteiger partial charge in [0.15, 0.2) is 0 Å². The van der Waals surface area contributed by atoms with E-state index in [0.717, 1.165) is 36.6 Å². The third-order valence-corrected chi connectivity index (χ3v) is 4.15. The van der Waals surface area contributed by atoms with Crippen LogP contribution < -0.4 is 5.32 Å². The number of rotatable bonds is 3. The molecule has 0 spiro atoms. The van der Waals surface area contributed by atoms with Crippen molar-refractivity contribution in [1.82, 2.24) is 9.97 Å². The molecular formula is C18H23N3. The number of aryl methyl sites for hydroxylation is 2. The number of hydrogen-bond acceptors (Lipinski definition) is 3. The minimum Gasteiger partial charge on any atom is -0.351 e. The molecule has 1 aliphatic rings. The van der Waals surface area contributed by atoms with Crippen LogP contribution in [0.4, 0.5) is 5.95 Å². The number of aromatic nitrogens is 2. The highest BCUT2D eigenvalue weighted by atomic mass is 15.1. The molecular weight excluding hydrogens is 258 g/mol. The molecule has 3 rings (SSSR count). The van der Waals surface area contributed by atoms with E-state index in [2.05, 4.69) is 59.5 Å². The normalized spacial score (nSPS) is 17.6. The summed E-state index contributed by atoms with van der Waals surface area (Å²) in [7, 11) is 0. The Morgan fingerprint density at radius 2 is 1.90 bits per heavy atom. The fourth-order valence-corrected chi connectivity index (χ4v) is 2.96. The zero-order chi connectivity index (χ0) is 14.8. The maximum atomic E-state index is 4.66. The summed E-state index contributed by atoms with van der Waals surface area (Å²) in [6.45, 7) is 6.37. The van der Waals surface area contributed by atoms with E-state index < -0.39 is 0 Å². The van der Waals surface area contributed by atoms with Crippen molar-refractivity contribution in [3.8, 4) is 0 Å². The molecule has 0 fully saturated rings. The summed E-state index contributed by atoms with van der Waals surface area (Å²) in [5.41, 5.74) is 5.09. The van der Waals surface area contributed by atoms with Gasteiger partial charge in [0.05, 0.1) is 0 Å². The van der Waals surface area contributed by atoms with Crippen LogP contribution in [-0.4, -0.2) is 16.0 Å². The van der Waals surface area contributed by atoms with Gasteiger partial charge >= 0.3 is 0 Å². The van der Waals surface area contributed by atoms with Crippen LogP contribution in [0, 0.1) is 6.92 Å². The van der Waals surface area contributed by atoms with Gasteiger partial charge in [-0.1, -0.05) is 38.1 Å². The van der Waals surface area contributed by atoms with E-state index in [4.69, 9.17) is 0 Å². The SMILES string of the molecule is Cc1cc(C(C)C)nc(NC2CCc3ccccc3C2)n1. The Kier molecular flexibility index (Phi) is 3.91. The van der Waals surface area contributed by atoms with E-state index in [1.807, 2.05) is 6.92 Å². The molecule has 0 aliphatic heterocycles. The van der Waals surface area contributed by atoms with Crippen LogP contribution in [0.5, 0.6) is 0 Å². The third kappa shape index (κ3) is 3.23. The Morgan fingerprint density at radius 3 is 2.67 bits per heavy atom. The Hall–Kier alpha value is -1.90. The molecule has 110 valence electrons. The van der Waals surface area contributed by atoms with Crippen molar-refractivity contribution in [2.45, 2.75) is 52.0 Å². The second kappa shape index (κ2) is 5.84. The van der Waals surface area contributed by atoms with Crippen molar-refractivity contribution >= 4 is 5.95 Å². The lowest BCUT2D eigenvalue weighted by molar-refractivity contribution is 0.604. The second-order valence-electron chi connectivity index (χ2n) is 6.27. The van der Waals surface area contributed by atoms with Crippen LogP contribution in [-0.2, 0) is 12.8 Å². The van der Waals surface area contributed by atoms with Gasteiger partial charge in [0.25, 0.3) is 0 Å². The quantitative estimate of drug-likeness (QED) is 0.928. The average molecular weight is 281 g/mol. The smallest absolute Gasteiger partial charge is 0.223 e. The molecule has 0 amide bonds. The lowest BCUT2D eigenvalue weighted by Gasteiger charge is -2.25. The van der Waals surface area contributed by atoms with Crippen LogP contribution in [0.15, 0.2) is 30.3 Å². The second-order valence-corrected chi connectivity index (χ2v) is 6.27. The Labute approximate surface area is 126 Å². The van der Waals surface area contributed by atoms with Crippen LogP contribution in [0.1, 0.15) is 48.7 Å². The monoisotopic (exact) mass is 281 g/mol. The van der Waals surface area contributed by atoms with Crippen molar-refractivity contribution in [3.05, 3.63) is 52.8 Å². The molecule has 1 atom stereocenters. The van der Waals surface area contributed by atoms with Crippen molar-refractivity contribution in [1.29, 1.82) is 0 Å². The summed E-state index contributed by atoms with van der Waals surface area (Å²) in [6.07, 6.45) is 3.34. The molecule has 3 nitrogen and oxygen atoms in total. The largest absolute Gasteiger partial charge is 0.351 e. The molecule has 1 aromatic heterocycles. The molecule has 1 heterocycles. The predicted octanol–water partition coefficient (Wildman–Crippen LogP) is 3.88. The number of fused-ring (bicyclic) bond motifs is 1. The lowest BCUT2D eigenvalue weighted by atomic mass is 9.88. The van der Waals surface area contributed by atoms with E-state index in [1.165, 1.54) is 11.1 Å². The van der Waals surface area contributed by atoms with E-state index >= 15 is 0 Å². The van der Waals surface area contributed by atoms with Crippen molar-refractivity contribution in [2.24, 2.45) is 0 Å². The minimum absolute atomic E-state index is 0.430. The van der Waals surface area contributed by atoms with Gasteiger partial charge < -0.3 is 5.32 Å². The fourth-order valence-electron chi connectivity index (χ4n) is 2.96. The average Bonchev–Trinajstić information content (AvgIpc) is 2.46. The summed E-state index contributed by atoms with van der Waals surface area (Å²) in [6, 6.07) is 11.2. The fraction of sp³-hybridized carbons (Fsp3) is 0.444. The topological polar surface area (TPSA) is 37.8 Å². The first-order valence-corrected chi connectivity index (χ1v) is 7.80. The molecule has 0 saturated carbocycles. The lowest BCUT2D eigenvalue weighted by Crippen LogP contribution is -2.28. The number of benzene rings is 1. The van der Waals surface area contributed by atoms with Crippen molar-refractivity contribution in [3.63, 3.8) is 0 Å². The first-order valence-electron chi connectivity index (χ1n) is 7.80. The van der Waals surface area contributed by atoms with Gasteiger partial charge in [0.2, 0.25) is 5.95 Å². The molecule has 0 bridgehead atoms.